The molecule has 172 valence electrons. The smallest absolute Gasteiger partial charge is 0.338 e. The van der Waals surface area contributed by atoms with E-state index < -0.39 is 18.5 Å². The summed E-state index contributed by atoms with van der Waals surface area (Å²) in [6, 6.07) is 11.2. The Hall–Kier alpha value is -3.19. The normalized spacial score (nSPS) is 22.2. The number of imide groups is 1. The van der Waals surface area contributed by atoms with Crippen molar-refractivity contribution in [3.8, 4) is 0 Å². The van der Waals surface area contributed by atoms with Crippen LogP contribution >= 0.6 is 11.6 Å². The van der Waals surface area contributed by atoms with Crippen molar-refractivity contribution in [2.24, 2.45) is 17.8 Å². The second-order valence-corrected chi connectivity index (χ2v) is 9.21. The number of anilines is 2. The van der Waals surface area contributed by atoms with E-state index in [4.69, 9.17) is 16.3 Å². The van der Waals surface area contributed by atoms with Gasteiger partial charge >= 0.3 is 5.97 Å². The lowest BCUT2D eigenvalue weighted by molar-refractivity contribution is -0.122. The minimum absolute atomic E-state index is 0.166. The monoisotopic (exact) mass is 468 g/mol. The summed E-state index contributed by atoms with van der Waals surface area (Å²) in [5.41, 5.74) is 2.03. The predicted octanol–water partition coefficient (Wildman–Crippen LogP) is 4.37. The molecule has 1 saturated carbocycles. The summed E-state index contributed by atoms with van der Waals surface area (Å²) >= 11 is 5.95. The van der Waals surface area contributed by atoms with Gasteiger partial charge in [-0.2, -0.15) is 0 Å². The standard InChI is InChI=1S/C25H25ClN2O5/c1-14-3-10-19-20(11-14)24(31)28(23(19)30)18-8-5-16(6-9-18)25(32)33-13-22(29)27-21-12-17(26)7-4-15(21)2/h4-9,12,14,19-20H,3,10-11,13H2,1-2H3,(H,27,29)/t14-,19-,20-/m1/s1. The third-order valence-electron chi connectivity index (χ3n) is 6.36. The van der Waals surface area contributed by atoms with Gasteiger partial charge in [0.1, 0.15) is 0 Å². The molecule has 3 atom stereocenters. The van der Waals surface area contributed by atoms with Gasteiger partial charge in [-0.1, -0.05) is 24.6 Å². The van der Waals surface area contributed by atoms with Crippen molar-refractivity contribution in [2.75, 3.05) is 16.8 Å². The van der Waals surface area contributed by atoms with Gasteiger partial charge < -0.3 is 10.1 Å². The summed E-state index contributed by atoms with van der Waals surface area (Å²) in [5.74, 6) is -1.58. The molecule has 0 bridgehead atoms. The van der Waals surface area contributed by atoms with Crippen molar-refractivity contribution in [1.82, 2.24) is 0 Å². The Bertz CT molecular complexity index is 1110. The van der Waals surface area contributed by atoms with Gasteiger partial charge in [0.2, 0.25) is 11.8 Å². The number of hydrogen-bond acceptors (Lipinski definition) is 5. The van der Waals surface area contributed by atoms with E-state index >= 15 is 0 Å². The van der Waals surface area contributed by atoms with Crippen molar-refractivity contribution >= 4 is 46.7 Å². The Morgan fingerprint density at radius 1 is 1.06 bits per heavy atom. The third kappa shape index (κ3) is 4.78. The van der Waals surface area contributed by atoms with Gasteiger partial charge in [0, 0.05) is 10.7 Å². The first-order chi connectivity index (χ1) is 15.7. The fourth-order valence-corrected chi connectivity index (χ4v) is 4.69. The van der Waals surface area contributed by atoms with Gasteiger partial charge in [-0.25, -0.2) is 4.79 Å². The second kappa shape index (κ2) is 9.35. The molecule has 0 aromatic heterocycles. The molecule has 1 saturated heterocycles. The van der Waals surface area contributed by atoms with Crippen LogP contribution < -0.4 is 10.2 Å². The molecule has 2 aromatic carbocycles. The SMILES string of the molecule is Cc1ccc(Cl)cc1NC(=O)COC(=O)c1ccc(N2C(=O)[C@@H]3CC[C@@H](C)C[C@H]3C2=O)cc1. The number of esters is 1. The van der Waals surface area contributed by atoms with E-state index in [1.807, 2.05) is 6.92 Å². The van der Waals surface area contributed by atoms with Gasteiger partial charge in [-0.3, -0.25) is 19.3 Å². The summed E-state index contributed by atoms with van der Waals surface area (Å²) in [5, 5.41) is 3.14. The van der Waals surface area contributed by atoms with Crippen LogP contribution in [-0.2, 0) is 19.1 Å². The number of hydrogen-bond donors (Lipinski definition) is 1. The van der Waals surface area contributed by atoms with Crippen molar-refractivity contribution in [3.05, 3.63) is 58.6 Å². The molecule has 0 spiro atoms. The third-order valence-corrected chi connectivity index (χ3v) is 6.59. The second-order valence-electron chi connectivity index (χ2n) is 8.77. The molecule has 2 fully saturated rings. The molecule has 0 unspecified atom stereocenters. The highest BCUT2D eigenvalue weighted by molar-refractivity contribution is 6.31. The van der Waals surface area contributed by atoms with Crippen LogP contribution in [0.3, 0.4) is 0 Å². The van der Waals surface area contributed by atoms with Gasteiger partial charge in [-0.15, -0.1) is 0 Å². The Labute approximate surface area is 197 Å². The van der Waals surface area contributed by atoms with E-state index in [0.29, 0.717) is 22.3 Å². The van der Waals surface area contributed by atoms with Crippen LogP contribution in [0.15, 0.2) is 42.5 Å². The summed E-state index contributed by atoms with van der Waals surface area (Å²) in [6.45, 7) is 3.47. The zero-order valence-electron chi connectivity index (χ0n) is 18.5. The number of amides is 3. The zero-order chi connectivity index (χ0) is 23.7. The average molecular weight is 469 g/mol. The Morgan fingerprint density at radius 2 is 1.76 bits per heavy atom. The van der Waals surface area contributed by atoms with E-state index in [1.165, 1.54) is 17.0 Å². The van der Waals surface area contributed by atoms with E-state index in [0.717, 1.165) is 24.8 Å². The number of aryl methyl sites for hydroxylation is 1. The van der Waals surface area contributed by atoms with E-state index in [-0.39, 0.29) is 29.2 Å². The number of nitrogens with zero attached hydrogens (tertiary/aromatic N) is 1. The van der Waals surface area contributed by atoms with Crippen LogP contribution in [0, 0.1) is 24.7 Å². The molecule has 0 radical (unpaired) electrons. The summed E-state index contributed by atoms with van der Waals surface area (Å²) in [6.07, 6.45) is 2.41. The topological polar surface area (TPSA) is 92.8 Å². The highest BCUT2D eigenvalue weighted by Crippen LogP contribution is 2.42. The van der Waals surface area contributed by atoms with Crippen molar-refractivity contribution in [2.45, 2.75) is 33.1 Å². The molecule has 1 aliphatic carbocycles. The zero-order valence-corrected chi connectivity index (χ0v) is 19.2. The number of benzene rings is 2. The molecule has 8 heteroatoms. The molecule has 7 nitrogen and oxygen atoms in total. The predicted molar refractivity (Wildman–Crippen MR) is 124 cm³/mol. The maximum Gasteiger partial charge on any atom is 0.338 e. The van der Waals surface area contributed by atoms with Crippen LogP contribution in [0.1, 0.15) is 42.1 Å². The summed E-state index contributed by atoms with van der Waals surface area (Å²) < 4.78 is 5.10. The van der Waals surface area contributed by atoms with Crippen LogP contribution in [0.25, 0.3) is 0 Å². The molecule has 2 aromatic rings. The molecule has 2 aliphatic rings. The maximum atomic E-state index is 12.8. The number of fused-ring (bicyclic) bond motifs is 1. The fraction of sp³-hybridized carbons (Fsp3) is 0.360. The van der Waals surface area contributed by atoms with Crippen molar-refractivity contribution < 1.29 is 23.9 Å². The van der Waals surface area contributed by atoms with Gasteiger partial charge in [0.05, 0.1) is 23.1 Å². The van der Waals surface area contributed by atoms with Gasteiger partial charge in [0.15, 0.2) is 6.61 Å². The lowest BCUT2D eigenvalue weighted by Crippen LogP contribution is -2.30. The summed E-state index contributed by atoms with van der Waals surface area (Å²) in [4.78, 5) is 51.4. The average Bonchev–Trinajstić information content (AvgIpc) is 3.04. The number of ether oxygens (including phenoxy) is 1. The van der Waals surface area contributed by atoms with Crippen LogP contribution in [0.4, 0.5) is 11.4 Å². The molecular weight excluding hydrogens is 444 g/mol. The molecular formula is C25H25ClN2O5. The van der Waals surface area contributed by atoms with E-state index in [9.17, 15) is 19.2 Å². The van der Waals surface area contributed by atoms with E-state index in [2.05, 4.69) is 12.2 Å². The van der Waals surface area contributed by atoms with Crippen molar-refractivity contribution in [1.29, 1.82) is 0 Å². The van der Waals surface area contributed by atoms with Gasteiger partial charge in [-0.05, 0) is 74.1 Å². The Kier molecular flexibility index (Phi) is 6.51. The Morgan fingerprint density at radius 3 is 2.48 bits per heavy atom. The minimum Gasteiger partial charge on any atom is -0.452 e. The van der Waals surface area contributed by atoms with Gasteiger partial charge in [0.25, 0.3) is 5.91 Å². The van der Waals surface area contributed by atoms with E-state index in [1.54, 1.807) is 30.3 Å². The lowest BCUT2D eigenvalue weighted by atomic mass is 9.76. The number of nitrogens with one attached hydrogen (secondary N) is 1. The van der Waals surface area contributed by atoms with Crippen LogP contribution in [-0.4, -0.2) is 30.3 Å². The number of carbonyl (C=O) groups excluding carboxylic acids is 4. The molecule has 1 aliphatic heterocycles. The molecule has 1 heterocycles. The molecule has 1 N–H and O–H groups in total. The number of halogens is 1. The van der Waals surface area contributed by atoms with Crippen molar-refractivity contribution in [3.63, 3.8) is 0 Å². The fourth-order valence-electron chi connectivity index (χ4n) is 4.52. The quantitative estimate of drug-likeness (QED) is 0.519. The molecule has 3 amide bonds. The largest absolute Gasteiger partial charge is 0.452 e. The highest BCUT2D eigenvalue weighted by atomic mass is 35.5. The first kappa shape index (κ1) is 23.0. The number of carbonyl (C=O) groups is 4. The molecule has 4 rings (SSSR count). The minimum atomic E-state index is -0.680. The Balaban J connectivity index is 1.36. The van der Waals surface area contributed by atoms with Crippen LogP contribution in [0.2, 0.25) is 5.02 Å². The summed E-state index contributed by atoms with van der Waals surface area (Å²) in [7, 11) is 0. The first-order valence-electron chi connectivity index (χ1n) is 11.0. The molecule has 33 heavy (non-hydrogen) atoms. The first-order valence-corrected chi connectivity index (χ1v) is 11.3. The lowest BCUT2D eigenvalue weighted by Gasteiger charge is -2.25. The number of rotatable bonds is 5. The maximum absolute atomic E-state index is 12.8. The highest BCUT2D eigenvalue weighted by Gasteiger charge is 2.49. The van der Waals surface area contributed by atoms with Crippen LogP contribution in [0.5, 0.6) is 0 Å².